The SMILES string of the molecule is Cn1cnnc1CCn1c(CCl)nc2c(Cl)cccc21. The zero-order valence-corrected chi connectivity index (χ0v) is 12.4. The van der Waals surface area contributed by atoms with E-state index in [4.69, 9.17) is 23.2 Å². The van der Waals surface area contributed by atoms with Crippen molar-refractivity contribution in [1.29, 1.82) is 0 Å². The predicted molar refractivity (Wildman–Crippen MR) is 79.0 cm³/mol. The Morgan fingerprint density at radius 3 is 2.80 bits per heavy atom. The lowest BCUT2D eigenvalue weighted by Crippen LogP contribution is -2.08. The van der Waals surface area contributed by atoms with Gasteiger partial charge in [0.1, 0.15) is 23.5 Å². The molecule has 0 aliphatic heterocycles. The van der Waals surface area contributed by atoms with Crippen molar-refractivity contribution in [2.24, 2.45) is 7.05 Å². The van der Waals surface area contributed by atoms with Crippen LogP contribution in [0.15, 0.2) is 24.5 Å². The van der Waals surface area contributed by atoms with Gasteiger partial charge in [-0.2, -0.15) is 0 Å². The highest BCUT2D eigenvalue weighted by Gasteiger charge is 2.13. The van der Waals surface area contributed by atoms with Gasteiger partial charge in [-0.15, -0.1) is 21.8 Å². The first-order chi connectivity index (χ1) is 9.70. The van der Waals surface area contributed by atoms with Crippen LogP contribution in [-0.4, -0.2) is 24.3 Å². The van der Waals surface area contributed by atoms with Crippen LogP contribution in [0, 0.1) is 0 Å². The second kappa shape index (κ2) is 5.42. The third-order valence-electron chi connectivity index (χ3n) is 3.29. The maximum atomic E-state index is 6.18. The first kappa shape index (κ1) is 13.4. The van der Waals surface area contributed by atoms with Crippen molar-refractivity contribution >= 4 is 34.2 Å². The van der Waals surface area contributed by atoms with Gasteiger partial charge in [0.2, 0.25) is 0 Å². The van der Waals surface area contributed by atoms with Crippen molar-refractivity contribution in [3.8, 4) is 0 Å². The Labute approximate surface area is 126 Å². The van der Waals surface area contributed by atoms with Gasteiger partial charge in [0.05, 0.1) is 16.4 Å². The quantitative estimate of drug-likeness (QED) is 0.696. The van der Waals surface area contributed by atoms with Crippen LogP contribution in [0.1, 0.15) is 11.6 Å². The monoisotopic (exact) mass is 309 g/mol. The molecule has 1 aromatic carbocycles. The van der Waals surface area contributed by atoms with Crippen molar-refractivity contribution in [2.75, 3.05) is 0 Å². The lowest BCUT2D eigenvalue weighted by atomic mass is 10.3. The zero-order valence-electron chi connectivity index (χ0n) is 10.9. The summed E-state index contributed by atoms with van der Waals surface area (Å²) in [7, 11) is 1.93. The minimum Gasteiger partial charge on any atom is -0.326 e. The second-order valence-corrected chi connectivity index (χ2v) is 5.20. The number of aryl methyl sites for hydroxylation is 3. The summed E-state index contributed by atoms with van der Waals surface area (Å²) in [5.41, 5.74) is 1.79. The highest BCUT2D eigenvalue weighted by Crippen LogP contribution is 2.24. The van der Waals surface area contributed by atoms with E-state index in [9.17, 15) is 0 Å². The van der Waals surface area contributed by atoms with Crippen molar-refractivity contribution in [2.45, 2.75) is 18.8 Å². The van der Waals surface area contributed by atoms with E-state index in [0.29, 0.717) is 10.9 Å². The van der Waals surface area contributed by atoms with E-state index in [0.717, 1.165) is 35.6 Å². The molecule has 0 aliphatic rings. The summed E-state index contributed by atoms with van der Waals surface area (Å²) < 4.78 is 4.00. The van der Waals surface area contributed by atoms with E-state index >= 15 is 0 Å². The van der Waals surface area contributed by atoms with Crippen molar-refractivity contribution in [3.63, 3.8) is 0 Å². The first-order valence-electron chi connectivity index (χ1n) is 6.23. The molecule has 2 heterocycles. The Hall–Kier alpha value is -1.59. The van der Waals surface area contributed by atoms with Gasteiger partial charge in [0.15, 0.2) is 0 Å². The van der Waals surface area contributed by atoms with E-state index in [1.54, 1.807) is 6.33 Å². The molecule has 0 bridgehead atoms. The topological polar surface area (TPSA) is 48.5 Å². The number of fused-ring (bicyclic) bond motifs is 1. The Morgan fingerprint density at radius 1 is 1.25 bits per heavy atom. The summed E-state index contributed by atoms with van der Waals surface area (Å²) in [6.45, 7) is 0.741. The number of alkyl halides is 1. The van der Waals surface area contributed by atoms with Crippen molar-refractivity contribution < 1.29 is 0 Å². The maximum absolute atomic E-state index is 6.18. The normalized spacial score (nSPS) is 11.3. The Kier molecular flexibility index (Phi) is 3.63. The molecule has 3 rings (SSSR count). The zero-order chi connectivity index (χ0) is 14.1. The lowest BCUT2D eigenvalue weighted by molar-refractivity contribution is 0.645. The van der Waals surface area contributed by atoms with Crippen LogP contribution in [0.3, 0.4) is 0 Å². The van der Waals surface area contributed by atoms with Gasteiger partial charge in [0.25, 0.3) is 0 Å². The predicted octanol–water partition coefficient (Wildman–Crippen LogP) is 2.80. The minimum absolute atomic E-state index is 0.351. The fraction of sp³-hybridized carbons (Fsp3) is 0.308. The smallest absolute Gasteiger partial charge is 0.134 e. The van der Waals surface area contributed by atoms with Crippen molar-refractivity contribution in [3.05, 3.63) is 41.2 Å². The van der Waals surface area contributed by atoms with E-state index in [-0.39, 0.29) is 0 Å². The Bertz CT molecular complexity index is 746. The molecule has 20 heavy (non-hydrogen) atoms. The molecule has 3 aromatic rings. The highest BCUT2D eigenvalue weighted by molar-refractivity contribution is 6.35. The number of nitrogens with zero attached hydrogens (tertiary/aromatic N) is 5. The van der Waals surface area contributed by atoms with Gasteiger partial charge in [-0.05, 0) is 12.1 Å². The maximum Gasteiger partial charge on any atom is 0.134 e. The number of imidazole rings is 1. The second-order valence-electron chi connectivity index (χ2n) is 4.53. The van der Waals surface area contributed by atoms with Crippen LogP contribution in [0.4, 0.5) is 0 Å². The highest BCUT2D eigenvalue weighted by atomic mass is 35.5. The number of para-hydroxylation sites is 1. The number of hydrogen-bond acceptors (Lipinski definition) is 3. The molecule has 0 unspecified atom stereocenters. The third kappa shape index (κ3) is 2.27. The Morgan fingerprint density at radius 2 is 2.10 bits per heavy atom. The molecule has 5 nitrogen and oxygen atoms in total. The molecule has 104 valence electrons. The number of rotatable bonds is 4. The summed E-state index contributed by atoms with van der Waals surface area (Å²) in [6, 6.07) is 5.76. The van der Waals surface area contributed by atoms with E-state index < -0.39 is 0 Å². The largest absolute Gasteiger partial charge is 0.326 e. The van der Waals surface area contributed by atoms with Gasteiger partial charge >= 0.3 is 0 Å². The van der Waals surface area contributed by atoms with Crippen LogP contribution in [0.25, 0.3) is 11.0 Å². The van der Waals surface area contributed by atoms with Gasteiger partial charge < -0.3 is 9.13 Å². The molecular formula is C13H13Cl2N5. The van der Waals surface area contributed by atoms with Gasteiger partial charge in [0, 0.05) is 20.0 Å². The summed E-state index contributed by atoms with van der Waals surface area (Å²) >= 11 is 12.2. The number of halogens is 2. The summed E-state index contributed by atoms with van der Waals surface area (Å²) in [6.07, 6.45) is 2.46. The average molecular weight is 310 g/mol. The minimum atomic E-state index is 0.351. The summed E-state index contributed by atoms with van der Waals surface area (Å²) in [5, 5.41) is 8.61. The number of hydrogen-bond donors (Lipinski definition) is 0. The van der Waals surface area contributed by atoms with Gasteiger partial charge in [-0.1, -0.05) is 17.7 Å². The molecule has 0 atom stereocenters. The Balaban J connectivity index is 1.98. The third-order valence-corrected chi connectivity index (χ3v) is 3.84. The molecule has 0 saturated heterocycles. The van der Waals surface area contributed by atoms with Crippen molar-refractivity contribution in [1.82, 2.24) is 24.3 Å². The van der Waals surface area contributed by atoms with Gasteiger partial charge in [-0.3, -0.25) is 0 Å². The van der Waals surface area contributed by atoms with E-state index in [1.165, 1.54) is 0 Å². The molecular weight excluding hydrogens is 297 g/mol. The van der Waals surface area contributed by atoms with Crippen LogP contribution in [0.5, 0.6) is 0 Å². The molecule has 0 saturated carbocycles. The van der Waals surface area contributed by atoms with Crippen LogP contribution < -0.4 is 0 Å². The molecule has 0 N–H and O–H groups in total. The number of aromatic nitrogens is 5. The fourth-order valence-electron chi connectivity index (χ4n) is 2.26. The molecule has 0 spiro atoms. The summed E-state index contributed by atoms with van der Waals surface area (Å²) in [4.78, 5) is 4.51. The molecule has 7 heteroatoms. The number of benzene rings is 1. The van der Waals surface area contributed by atoms with Crippen LogP contribution in [0.2, 0.25) is 5.02 Å². The summed E-state index contributed by atoms with van der Waals surface area (Å²) in [5.74, 6) is 2.09. The van der Waals surface area contributed by atoms with E-state index in [2.05, 4.69) is 19.7 Å². The van der Waals surface area contributed by atoms with Crippen LogP contribution >= 0.6 is 23.2 Å². The molecule has 0 aliphatic carbocycles. The lowest BCUT2D eigenvalue weighted by Gasteiger charge is -2.07. The average Bonchev–Trinajstić information content (AvgIpc) is 3.01. The standard InChI is InChI=1S/C13H13Cl2N5/c1-19-8-16-18-11(19)5-6-20-10-4-2-3-9(15)13(10)17-12(20)7-14/h2-4,8H,5-7H2,1H3. The molecule has 0 fully saturated rings. The van der Waals surface area contributed by atoms with E-state index in [1.807, 2.05) is 29.8 Å². The van der Waals surface area contributed by atoms with Crippen LogP contribution in [-0.2, 0) is 25.9 Å². The molecule has 0 radical (unpaired) electrons. The molecule has 2 aromatic heterocycles. The molecule has 0 amide bonds. The fourth-order valence-corrected chi connectivity index (χ4v) is 2.67. The first-order valence-corrected chi connectivity index (χ1v) is 7.14. The van der Waals surface area contributed by atoms with Gasteiger partial charge in [-0.25, -0.2) is 4.98 Å².